The molecule has 4 saturated heterocycles. The summed E-state index contributed by atoms with van der Waals surface area (Å²) in [5.41, 5.74) is -0.0689. The van der Waals surface area contributed by atoms with Crippen molar-refractivity contribution in [1.29, 1.82) is 0 Å². The Bertz CT molecular complexity index is 1400. The number of fused-ring (bicyclic) bond motifs is 7. The number of Topliss-reactive ketones (excluding diaryl/α,β-unsaturated/α-hetero) is 1. The Balaban J connectivity index is 0.906. The molecule has 54 heavy (non-hydrogen) atoms. The maximum Gasteiger partial charge on any atom is 0.303 e. The molecule has 0 bridgehead atoms. The molecule has 4 aliphatic heterocycles. The number of carbonyl (C=O) groups excluding carboxylic acids is 2. The number of ether oxygens (including phenoxy) is 7. The van der Waals surface area contributed by atoms with Crippen molar-refractivity contribution in [2.45, 2.75) is 166 Å². The summed E-state index contributed by atoms with van der Waals surface area (Å²) in [4.78, 5) is 25.9. The molecule has 0 aromatic heterocycles. The molecule has 1 spiro atoms. The summed E-state index contributed by atoms with van der Waals surface area (Å²) in [5.74, 6) is 1.37. The van der Waals surface area contributed by atoms with Crippen LogP contribution in [-0.2, 0) is 42.7 Å². The molecule has 4 aliphatic carbocycles. The fraction of sp³-hybridized carbons (Fsp3) is 0.950. The lowest BCUT2D eigenvalue weighted by Gasteiger charge is -2.60. The minimum Gasteiger partial charge on any atom is -0.454 e. The summed E-state index contributed by atoms with van der Waals surface area (Å²) in [5, 5.41) is 52.9. The fourth-order valence-corrected chi connectivity index (χ4v) is 12.9. The van der Waals surface area contributed by atoms with Crippen LogP contribution in [0.15, 0.2) is 0 Å². The monoisotopic (exact) mass is 766 g/mol. The van der Waals surface area contributed by atoms with E-state index in [2.05, 4.69) is 27.7 Å². The molecule has 4 heterocycles. The van der Waals surface area contributed by atoms with E-state index in [9.17, 15) is 35.1 Å². The van der Waals surface area contributed by atoms with E-state index in [-0.39, 0.29) is 41.8 Å². The minimum absolute atomic E-state index is 0.108. The van der Waals surface area contributed by atoms with Gasteiger partial charge in [0.05, 0.1) is 32.0 Å². The lowest BCUT2D eigenvalue weighted by molar-refractivity contribution is -0.330. The van der Waals surface area contributed by atoms with Gasteiger partial charge in [0.1, 0.15) is 42.4 Å². The van der Waals surface area contributed by atoms with Crippen LogP contribution in [-0.4, -0.2) is 130 Å². The first-order chi connectivity index (χ1) is 25.6. The van der Waals surface area contributed by atoms with Gasteiger partial charge in [-0.1, -0.05) is 27.7 Å². The quantitative estimate of drug-likeness (QED) is 0.194. The van der Waals surface area contributed by atoms with E-state index in [4.69, 9.17) is 33.2 Å². The van der Waals surface area contributed by atoms with Crippen LogP contribution in [0.5, 0.6) is 0 Å². The average molecular weight is 767 g/mol. The molecule has 0 radical (unpaired) electrons. The molecule has 0 amide bonds. The molecule has 14 heteroatoms. The van der Waals surface area contributed by atoms with Crippen LogP contribution in [0.4, 0.5) is 0 Å². The van der Waals surface area contributed by atoms with Gasteiger partial charge in [-0.25, -0.2) is 0 Å². The van der Waals surface area contributed by atoms with E-state index in [0.29, 0.717) is 54.8 Å². The molecule has 306 valence electrons. The molecule has 14 nitrogen and oxygen atoms in total. The fourth-order valence-electron chi connectivity index (χ4n) is 12.9. The van der Waals surface area contributed by atoms with Gasteiger partial charge in [0, 0.05) is 31.6 Å². The maximum absolute atomic E-state index is 14.2. The summed E-state index contributed by atoms with van der Waals surface area (Å²) >= 11 is 0. The molecule has 0 aromatic rings. The van der Waals surface area contributed by atoms with Crippen molar-refractivity contribution in [3.63, 3.8) is 0 Å². The number of ketones is 1. The van der Waals surface area contributed by atoms with Crippen molar-refractivity contribution in [3.05, 3.63) is 0 Å². The molecule has 8 aliphatic rings. The summed E-state index contributed by atoms with van der Waals surface area (Å²) in [6.45, 7) is 10.6. The molecule has 4 saturated carbocycles. The molecule has 5 N–H and O–H groups in total. The van der Waals surface area contributed by atoms with Gasteiger partial charge in [0.15, 0.2) is 24.5 Å². The lowest BCUT2D eigenvalue weighted by atomic mass is 9.44. The van der Waals surface area contributed by atoms with Gasteiger partial charge in [0.25, 0.3) is 0 Å². The second kappa shape index (κ2) is 14.5. The first-order valence-corrected chi connectivity index (χ1v) is 20.5. The normalized spacial score (nSPS) is 55.8. The van der Waals surface area contributed by atoms with Crippen molar-refractivity contribution >= 4 is 11.8 Å². The zero-order valence-corrected chi connectivity index (χ0v) is 32.3. The van der Waals surface area contributed by atoms with Gasteiger partial charge in [0.2, 0.25) is 0 Å². The van der Waals surface area contributed by atoms with Gasteiger partial charge < -0.3 is 58.7 Å². The Kier molecular flexibility index (Phi) is 10.6. The Hall–Kier alpha value is -1.30. The van der Waals surface area contributed by atoms with Gasteiger partial charge in [-0.15, -0.1) is 0 Å². The Labute approximate surface area is 317 Å². The van der Waals surface area contributed by atoms with Crippen LogP contribution in [0.3, 0.4) is 0 Å². The zero-order valence-electron chi connectivity index (χ0n) is 32.3. The van der Waals surface area contributed by atoms with Gasteiger partial charge >= 0.3 is 5.97 Å². The highest BCUT2D eigenvalue weighted by Gasteiger charge is 2.70. The first kappa shape index (κ1) is 39.5. The molecular formula is C40H62O14. The van der Waals surface area contributed by atoms with Gasteiger partial charge in [-0.2, -0.15) is 0 Å². The molecule has 8 fully saturated rings. The van der Waals surface area contributed by atoms with Crippen molar-refractivity contribution in [2.24, 2.45) is 52.3 Å². The highest BCUT2D eigenvalue weighted by Crippen LogP contribution is 2.71. The number of aliphatic hydroxyl groups is 5. The van der Waals surface area contributed by atoms with Crippen LogP contribution in [0.25, 0.3) is 0 Å². The van der Waals surface area contributed by atoms with E-state index in [1.807, 2.05) is 0 Å². The Morgan fingerprint density at radius 3 is 2.35 bits per heavy atom. The van der Waals surface area contributed by atoms with Crippen LogP contribution in [0, 0.1) is 52.3 Å². The first-order valence-electron chi connectivity index (χ1n) is 20.5. The van der Waals surface area contributed by atoms with E-state index in [1.165, 1.54) is 0 Å². The largest absolute Gasteiger partial charge is 0.454 e. The summed E-state index contributed by atoms with van der Waals surface area (Å²) < 4.78 is 42.0. The van der Waals surface area contributed by atoms with Gasteiger partial charge in [-0.3, -0.25) is 9.59 Å². The third kappa shape index (κ3) is 6.42. The standard InChI is InChI=1S/C40H62O14/c1-18-6-11-40(50-15-18)19(2)30-28(54-40)14-24-22-13-26(42)25-12-21(7-9-38(25,4)23(22)8-10-39(24,30)5)52-36-34(47)33(46)32(45)29(53-36)17-49-37-35(51-20(3)41)31(44)27(43)16-48-37/h18-19,21-25,27-37,43-47H,6-17H2,1-5H3/t18-,19+,21+,22+,23-,24+,25-,27+,28-,29+,30-,31-,32+,33-,34+,35+,36+,37-,38-,39-,40-/m1/s1. The predicted octanol–water partition coefficient (Wildman–Crippen LogP) is 1.83. The van der Waals surface area contributed by atoms with Crippen LogP contribution in [0.1, 0.15) is 92.4 Å². The van der Waals surface area contributed by atoms with Crippen molar-refractivity contribution in [3.8, 4) is 0 Å². The second-order valence-electron chi connectivity index (χ2n) is 18.8. The summed E-state index contributed by atoms with van der Waals surface area (Å²) in [6, 6.07) is 0. The minimum atomic E-state index is -1.62. The maximum atomic E-state index is 14.2. The number of rotatable bonds is 6. The van der Waals surface area contributed by atoms with Crippen molar-refractivity contribution < 1.29 is 68.3 Å². The number of hydrogen-bond donors (Lipinski definition) is 5. The molecule has 0 unspecified atom stereocenters. The van der Waals surface area contributed by atoms with E-state index in [0.717, 1.165) is 52.1 Å². The number of esters is 1. The molecule has 0 aromatic carbocycles. The highest BCUT2D eigenvalue weighted by molar-refractivity contribution is 5.83. The molecule has 21 atom stereocenters. The van der Waals surface area contributed by atoms with Crippen molar-refractivity contribution in [1.82, 2.24) is 0 Å². The van der Waals surface area contributed by atoms with E-state index in [1.54, 1.807) is 0 Å². The van der Waals surface area contributed by atoms with E-state index < -0.39 is 73.2 Å². The van der Waals surface area contributed by atoms with Crippen LogP contribution < -0.4 is 0 Å². The Morgan fingerprint density at radius 2 is 1.63 bits per heavy atom. The summed E-state index contributed by atoms with van der Waals surface area (Å²) in [6.07, 6.45) is -5.09. The molecular weight excluding hydrogens is 704 g/mol. The lowest BCUT2D eigenvalue weighted by Crippen LogP contribution is -2.61. The highest BCUT2D eigenvalue weighted by atomic mass is 16.7. The third-order valence-corrected chi connectivity index (χ3v) is 15.8. The van der Waals surface area contributed by atoms with Crippen LogP contribution >= 0.6 is 0 Å². The summed E-state index contributed by atoms with van der Waals surface area (Å²) in [7, 11) is 0. The third-order valence-electron chi connectivity index (χ3n) is 15.8. The predicted molar refractivity (Wildman–Crippen MR) is 187 cm³/mol. The van der Waals surface area contributed by atoms with Crippen molar-refractivity contribution in [2.75, 3.05) is 19.8 Å². The topological polar surface area (TPSA) is 200 Å². The SMILES string of the molecule is CC(=O)O[C@@H]1[C@@H](OC[C@@H]2O[C@H](O[C@H]3CC[C@@]4(C)[C@H](C3)C(=O)C[C@H]3[C@H]4CC[C@@]4(C)[C@H]5[C@@H](C[C@@H]34)O[C@]3(CC[C@@H](C)CO3)[C@H]5C)[C@@H](O)[C@H](O)[C@H]2O)OC[C@H](O)[C@H]1O. The average Bonchev–Trinajstić information content (AvgIpc) is 3.58. The molecule has 8 rings (SSSR count). The van der Waals surface area contributed by atoms with Crippen LogP contribution in [0.2, 0.25) is 0 Å². The number of hydrogen-bond acceptors (Lipinski definition) is 14. The number of aliphatic hydroxyl groups excluding tert-OH is 5. The zero-order chi connectivity index (χ0) is 38.5. The van der Waals surface area contributed by atoms with Gasteiger partial charge in [-0.05, 0) is 85.4 Å². The Morgan fingerprint density at radius 1 is 0.870 bits per heavy atom. The smallest absolute Gasteiger partial charge is 0.303 e. The second-order valence-corrected chi connectivity index (χ2v) is 18.8. The number of carbonyl (C=O) groups is 2. The van der Waals surface area contributed by atoms with E-state index >= 15 is 0 Å².